The van der Waals surface area contributed by atoms with Crippen LogP contribution in [0.2, 0.25) is 20.8 Å². The summed E-state index contributed by atoms with van der Waals surface area (Å²) in [6.45, 7) is 9.42. The van der Waals surface area contributed by atoms with Gasteiger partial charge in [0.1, 0.15) is 0 Å². The van der Waals surface area contributed by atoms with Crippen molar-refractivity contribution < 1.29 is 17.0 Å². The zero-order chi connectivity index (χ0) is 18.6. The second-order valence-corrected chi connectivity index (χ2v) is 17.9. The fraction of sp³-hybridized carbons (Fsp3) is 1.00. The third-order valence-corrected chi connectivity index (χ3v) is 16.6. The summed E-state index contributed by atoms with van der Waals surface area (Å²) in [4.78, 5) is 0. The summed E-state index contributed by atoms with van der Waals surface area (Å²) in [7, 11) is 0. The third kappa shape index (κ3) is 17.2. The molecule has 0 N–H and O–H groups in total. The van der Waals surface area contributed by atoms with Crippen LogP contribution in [0.1, 0.15) is 130 Å². The molecule has 0 rings (SSSR count). The fourth-order valence-corrected chi connectivity index (χ4v) is 14.5. The van der Waals surface area contributed by atoms with Crippen molar-refractivity contribution in [3.05, 3.63) is 0 Å². The molecule has 160 valence electrons. The summed E-state index contributed by atoms with van der Waals surface area (Å²) in [6, 6.07) is 0. The van der Waals surface area contributed by atoms with Crippen LogP contribution in [-0.2, 0) is 0 Å². The molecule has 0 aliphatic heterocycles. The smallest absolute Gasteiger partial charge is 1.00 e. The van der Waals surface area contributed by atoms with Crippen molar-refractivity contribution >= 4 is 13.6 Å². The first-order valence-corrected chi connectivity index (χ1v) is 17.4. The molecule has 0 aromatic rings. The summed E-state index contributed by atoms with van der Waals surface area (Å²) in [5.74, 6) is 0. The van der Waals surface area contributed by atoms with Crippen molar-refractivity contribution in [3.63, 3.8) is 0 Å². The van der Waals surface area contributed by atoms with Gasteiger partial charge < -0.3 is 17.0 Å². The Labute approximate surface area is 181 Å². The van der Waals surface area contributed by atoms with Crippen molar-refractivity contribution in [1.82, 2.24) is 0 Å². The van der Waals surface area contributed by atoms with Gasteiger partial charge in [0.25, 0.3) is 0 Å². The Bertz CT molecular complexity index is 201. The maximum absolute atomic E-state index is 2.35. The molecule has 0 aromatic carbocycles. The fourth-order valence-electron chi connectivity index (χ4n) is 4.17. The van der Waals surface area contributed by atoms with Crippen LogP contribution in [0.5, 0.6) is 0 Å². The monoisotopic (exact) mass is 494 g/mol. The van der Waals surface area contributed by atoms with Gasteiger partial charge in [0, 0.05) is 0 Å². The van der Waals surface area contributed by atoms with Crippen LogP contribution in [0.25, 0.3) is 0 Å². The summed E-state index contributed by atoms with van der Waals surface area (Å²) in [5.41, 5.74) is 0. The van der Waals surface area contributed by atoms with Crippen molar-refractivity contribution in [1.29, 1.82) is 0 Å². The van der Waals surface area contributed by atoms with Crippen molar-refractivity contribution in [2.45, 2.75) is 151 Å². The molecule has 0 fully saturated rings. The molecule has 0 aromatic heterocycles. The van der Waals surface area contributed by atoms with Crippen LogP contribution in [0.4, 0.5) is 0 Å². The van der Waals surface area contributed by atoms with E-state index in [0.717, 1.165) is 0 Å². The van der Waals surface area contributed by atoms with Gasteiger partial charge in [-0.05, 0) is 0 Å². The van der Waals surface area contributed by atoms with Crippen molar-refractivity contribution in [2.24, 2.45) is 0 Å². The maximum atomic E-state index is 2.35. The Morgan fingerprint density at radius 1 is 0.346 bits per heavy atom. The molecule has 26 heavy (non-hydrogen) atoms. The van der Waals surface area contributed by atoms with Crippen molar-refractivity contribution in [2.75, 3.05) is 0 Å². The summed E-state index contributed by atoms with van der Waals surface area (Å²) < 4.78 is 0. The molecular weight excluding hydrogens is 443 g/mol. The average Bonchev–Trinajstić information content (AvgIpc) is 2.63. The largest absolute Gasteiger partial charge is 1.00 e. The Morgan fingerprint density at radius 3 is 0.769 bits per heavy atom. The molecule has 0 saturated carbocycles. The molecule has 0 radical (unpaired) electrons. The first kappa shape index (κ1) is 29.2. The maximum Gasteiger partial charge on any atom is -1.00 e. The second kappa shape index (κ2) is 22.3. The van der Waals surface area contributed by atoms with Crippen LogP contribution in [0.3, 0.4) is 0 Å². The van der Waals surface area contributed by atoms with Gasteiger partial charge in [-0.2, -0.15) is 0 Å². The van der Waals surface area contributed by atoms with E-state index in [9.17, 15) is 0 Å². The zero-order valence-electron chi connectivity index (χ0n) is 19.0. The minimum atomic E-state index is -1.40. The van der Waals surface area contributed by atoms with E-state index in [4.69, 9.17) is 0 Å². The molecule has 0 saturated heterocycles. The Morgan fingerprint density at radius 2 is 0.577 bits per heavy atom. The topological polar surface area (TPSA) is 0 Å². The van der Waals surface area contributed by atoms with Crippen LogP contribution < -0.4 is 17.0 Å². The molecule has 0 spiro atoms. The number of rotatable bonds is 20. The third-order valence-electron chi connectivity index (χ3n) is 5.94. The Kier molecular flexibility index (Phi) is 25.1. The van der Waals surface area contributed by atoms with Gasteiger partial charge in [-0.25, -0.2) is 0 Å². The number of hydrogen-bond acceptors (Lipinski definition) is 0. The average molecular weight is 496 g/mol. The first-order chi connectivity index (χ1) is 12.2. The van der Waals surface area contributed by atoms with E-state index in [1.807, 2.05) is 0 Å². The number of halogens is 1. The van der Waals surface area contributed by atoms with E-state index in [2.05, 4.69) is 27.7 Å². The molecule has 0 atom stereocenters. The molecule has 0 heterocycles. The minimum absolute atomic E-state index is 0. The van der Waals surface area contributed by atoms with E-state index in [1.54, 1.807) is 46.5 Å². The van der Waals surface area contributed by atoms with E-state index in [-0.39, 0.29) is 17.0 Å². The van der Waals surface area contributed by atoms with E-state index in [0.29, 0.717) is 0 Å². The molecule has 0 nitrogen and oxygen atoms in total. The minimum Gasteiger partial charge on any atom is -1.00 e. The van der Waals surface area contributed by atoms with Crippen LogP contribution >= 0.6 is 0 Å². The predicted octanol–water partition coefficient (Wildman–Crippen LogP) is 6.76. The van der Waals surface area contributed by atoms with Crippen LogP contribution in [0.15, 0.2) is 0 Å². The summed E-state index contributed by atoms with van der Waals surface area (Å²) in [6.07, 6.45) is 23.8. The van der Waals surface area contributed by atoms with Gasteiger partial charge in [-0.3, -0.25) is 0 Å². The van der Waals surface area contributed by atoms with Gasteiger partial charge in [-0.15, -0.1) is 0 Å². The molecule has 0 unspecified atom stereocenters. The Hall–Kier alpha value is 1.04. The molecule has 0 aliphatic carbocycles. The normalized spacial score (nSPS) is 11.5. The van der Waals surface area contributed by atoms with Crippen LogP contribution in [-0.4, -0.2) is 13.6 Å². The zero-order valence-corrected chi connectivity index (χ0v) is 22.4. The molecular formula is C24H52AsBr. The standard InChI is InChI=1S/C24H52As.BrH/c1-5-9-13-17-21-25(22-18-14-10-6-2,23-19-15-11-7-3)24-20-16-12-8-4;/h5-24H2,1-4H3;1H/q+1;/p-1. The van der Waals surface area contributed by atoms with Gasteiger partial charge >= 0.3 is 165 Å². The SMILES string of the molecule is CCCCCC[As+](CCCCCC)(CCCCCC)CCCCCC.[Br-]. The van der Waals surface area contributed by atoms with Gasteiger partial charge in [0.15, 0.2) is 0 Å². The molecule has 2 heteroatoms. The summed E-state index contributed by atoms with van der Waals surface area (Å²) >= 11 is -1.40. The van der Waals surface area contributed by atoms with E-state index in [1.165, 1.54) is 77.0 Å². The van der Waals surface area contributed by atoms with E-state index >= 15 is 0 Å². The molecule has 0 bridgehead atoms. The van der Waals surface area contributed by atoms with Crippen LogP contribution in [0, 0.1) is 0 Å². The molecule has 0 amide bonds. The van der Waals surface area contributed by atoms with Gasteiger partial charge in [0.2, 0.25) is 0 Å². The Balaban J connectivity index is 0. The van der Waals surface area contributed by atoms with Crippen molar-refractivity contribution in [3.8, 4) is 0 Å². The first-order valence-electron chi connectivity index (χ1n) is 12.1. The van der Waals surface area contributed by atoms with E-state index < -0.39 is 13.6 Å². The second-order valence-electron chi connectivity index (χ2n) is 8.48. The summed E-state index contributed by atoms with van der Waals surface area (Å²) in [5, 5.41) is 6.79. The van der Waals surface area contributed by atoms with Gasteiger partial charge in [0.05, 0.1) is 0 Å². The molecule has 0 aliphatic rings. The number of unbranched alkanes of at least 4 members (excludes halogenated alkanes) is 12. The quantitative estimate of drug-likeness (QED) is 0.129. The van der Waals surface area contributed by atoms with Gasteiger partial charge in [-0.1, -0.05) is 0 Å². The number of hydrogen-bond donors (Lipinski definition) is 0. The predicted molar refractivity (Wildman–Crippen MR) is 122 cm³/mol.